The number of nitrogens with one attached hydrogen (secondary N) is 3. The van der Waals surface area contributed by atoms with Crippen molar-refractivity contribution < 1.29 is 19.7 Å². The van der Waals surface area contributed by atoms with Gasteiger partial charge < -0.3 is 31.0 Å². The number of carbonyl (C=O) groups is 1. The first-order chi connectivity index (χ1) is 12.9. The summed E-state index contributed by atoms with van der Waals surface area (Å²) in [5.41, 5.74) is 5.38. The molecule has 7 N–H and O–H groups in total. The summed E-state index contributed by atoms with van der Waals surface area (Å²) >= 11 is 0. The van der Waals surface area contributed by atoms with Gasteiger partial charge in [0.05, 0.1) is 12.7 Å². The molecular weight excluding hydrogens is 358 g/mol. The molecule has 1 saturated heterocycles. The smallest absolute Gasteiger partial charge is 0.280 e. The van der Waals surface area contributed by atoms with Gasteiger partial charge in [-0.15, -0.1) is 0 Å². The zero-order valence-corrected chi connectivity index (χ0v) is 13.9. The Balaban J connectivity index is 1.84. The van der Waals surface area contributed by atoms with Gasteiger partial charge in [0.25, 0.3) is 11.5 Å². The van der Waals surface area contributed by atoms with E-state index in [2.05, 4.69) is 25.3 Å². The quantitative estimate of drug-likeness (QED) is 0.309. The molecule has 4 rings (SSSR count). The number of nitrogen functional groups attached to an aromatic ring is 1. The van der Waals surface area contributed by atoms with Crippen molar-refractivity contribution in [1.29, 1.82) is 0 Å². The van der Waals surface area contributed by atoms with E-state index >= 15 is 0 Å². The molecule has 1 amide bonds. The standard InChI is InChI=1S/C15H17N7O5/c16-14-19-11-10(13(26)20-14)18-6-22(11)15(4-8(24)9(5-23)27-15)21-12(25)7-2-1-3-17-7/h1-3,6,8-9,17,23-24H,4-5H2,(H,21,25)(H3,16,19,20,26)/t8-,9+,15-/m0/s1. The molecule has 0 unspecified atom stereocenters. The van der Waals surface area contributed by atoms with Crippen LogP contribution < -0.4 is 16.6 Å². The summed E-state index contributed by atoms with van der Waals surface area (Å²) in [5, 5.41) is 22.4. The van der Waals surface area contributed by atoms with E-state index < -0.39 is 36.1 Å². The zero-order chi connectivity index (χ0) is 19.2. The van der Waals surface area contributed by atoms with Crippen LogP contribution in [0.4, 0.5) is 5.95 Å². The number of hydrogen-bond donors (Lipinski definition) is 6. The van der Waals surface area contributed by atoms with Crippen molar-refractivity contribution in [2.24, 2.45) is 0 Å². The van der Waals surface area contributed by atoms with Crippen molar-refractivity contribution in [3.63, 3.8) is 0 Å². The van der Waals surface area contributed by atoms with E-state index in [9.17, 15) is 19.8 Å². The lowest BCUT2D eigenvalue weighted by molar-refractivity contribution is -0.128. The molecule has 0 bridgehead atoms. The monoisotopic (exact) mass is 375 g/mol. The molecule has 3 aromatic heterocycles. The number of aromatic nitrogens is 5. The van der Waals surface area contributed by atoms with Gasteiger partial charge in [0.2, 0.25) is 11.8 Å². The third-order valence-electron chi connectivity index (χ3n) is 4.41. The summed E-state index contributed by atoms with van der Waals surface area (Å²) < 4.78 is 7.11. The van der Waals surface area contributed by atoms with Gasteiger partial charge in [-0.3, -0.25) is 19.1 Å². The number of carbonyl (C=O) groups excluding carboxylic acids is 1. The lowest BCUT2D eigenvalue weighted by Crippen LogP contribution is -2.51. The molecule has 0 saturated carbocycles. The molecule has 0 radical (unpaired) electrons. The van der Waals surface area contributed by atoms with Crippen molar-refractivity contribution in [2.75, 3.05) is 12.3 Å². The Kier molecular flexibility index (Phi) is 3.95. The molecule has 27 heavy (non-hydrogen) atoms. The summed E-state index contributed by atoms with van der Waals surface area (Å²) in [6, 6.07) is 3.21. The van der Waals surface area contributed by atoms with Crippen molar-refractivity contribution >= 4 is 23.0 Å². The number of ether oxygens (including phenoxy) is 1. The van der Waals surface area contributed by atoms with Crippen molar-refractivity contribution in [3.8, 4) is 0 Å². The highest BCUT2D eigenvalue weighted by Gasteiger charge is 2.49. The number of nitrogens with zero attached hydrogens (tertiary/aromatic N) is 3. The van der Waals surface area contributed by atoms with E-state index in [4.69, 9.17) is 10.5 Å². The molecule has 1 aliphatic rings. The maximum absolute atomic E-state index is 12.6. The van der Waals surface area contributed by atoms with Crippen LogP contribution in [0.25, 0.3) is 11.2 Å². The minimum absolute atomic E-state index is 0.0109. The number of imidazole rings is 1. The van der Waals surface area contributed by atoms with Gasteiger partial charge in [-0.25, -0.2) is 4.98 Å². The minimum atomic E-state index is -1.63. The van der Waals surface area contributed by atoms with Gasteiger partial charge in [0.15, 0.2) is 11.2 Å². The number of rotatable bonds is 4. The molecule has 12 nitrogen and oxygen atoms in total. The van der Waals surface area contributed by atoms with E-state index in [1.165, 1.54) is 10.9 Å². The van der Waals surface area contributed by atoms with Crippen molar-refractivity contribution in [1.82, 2.24) is 29.8 Å². The lowest BCUT2D eigenvalue weighted by atomic mass is 10.1. The maximum Gasteiger partial charge on any atom is 0.280 e. The summed E-state index contributed by atoms with van der Waals surface area (Å²) in [6.45, 7) is -0.468. The van der Waals surface area contributed by atoms with E-state index in [1.807, 2.05) is 0 Å². The number of aromatic amines is 2. The molecule has 1 fully saturated rings. The number of hydrogen-bond acceptors (Lipinski definition) is 8. The molecule has 0 spiro atoms. The van der Waals surface area contributed by atoms with E-state index in [-0.39, 0.29) is 29.2 Å². The Hall–Kier alpha value is -3.22. The van der Waals surface area contributed by atoms with Crippen molar-refractivity contribution in [2.45, 2.75) is 24.5 Å². The zero-order valence-electron chi connectivity index (χ0n) is 13.9. The SMILES string of the molecule is Nc1nc2c(ncn2[C@@]2(NC(=O)c3ccc[nH]3)C[C@H](O)[C@@H](CO)O2)c(=O)[nH]1. The Bertz CT molecular complexity index is 1040. The van der Waals surface area contributed by atoms with E-state index in [0.29, 0.717) is 0 Å². The highest BCUT2D eigenvalue weighted by Crippen LogP contribution is 2.34. The number of fused-ring (bicyclic) bond motifs is 1. The number of H-pyrrole nitrogens is 2. The van der Waals surface area contributed by atoms with E-state index in [0.717, 1.165) is 0 Å². The molecule has 142 valence electrons. The molecule has 3 atom stereocenters. The maximum atomic E-state index is 12.6. The minimum Gasteiger partial charge on any atom is -0.394 e. The van der Waals surface area contributed by atoms with Gasteiger partial charge in [0, 0.05) is 12.6 Å². The fourth-order valence-corrected chi connectivity index (χ4v) is 3.15. The number of anilines is 1. The first kappa shape index (κ1) is 17.2. The van der Waals surface area contributed by atoms with Gasteiger partial charge in [0.1, 0.15) is 18.1 Å². The number of aliphatic hydroxyl groups is 2. The van der Waals surface area contributed by atoms with Crippen LogP contribution in [0, 0.1) is 0 Å². The fraction of sp³-hybridized carbons (Fsp3) is 0.333. The van der Waals surface area contributed by atoms with Crippen LogP contribution in [0.5, 0.6) is 0 Å². The summed E-state index contributed by atoms with van der Waals surface area (Å²) in [4.78, 5) is 37.9. The van der Waals surface area contributed by atoms with Gasteiger partial charge >= 0.3 is 0 Å². The predicted molar refractivity (Wildman–Crippen MR) is 91.4 cm³/mol. The third kappa shape index (κ3) is 2.75. The summed E-state index contributed by atoms with van der Waals surface area (Å²) in [7, 11) is 0. The fourth-order valence-electron chi connectivity index (χ4n) is 3.15. The summed E-state index contributed by atoms with van der Waals surface area (Å²) in [6.07, 6.45) is 0.705. The van der Waals surface area contributed by atoms with E-state index in [1.54, 1.807) is 18.3 Å². The van der Waals surface area contributed by atoms with Crippen LogP contribution in [0.3, 0.4) is 0 Å². The average Bonchev–Trinajstić information content (AvgIpc) is 3.33. The van der Waals surface area contributed by atoms with Crippen LogP contribution in [0.15, 0.2) is 29.5 Å². The van der Waals surface area contributed by atoms with Gasteiger partial charge in [-0.2, -0.15) is 4.98 Å². The second-order valence-electron chi connectivity index (χ2n) is 6.17. The number of nitrogens with two attached hydrogens (primary N) is 1. The van der Waals surface area contributed by atoms with Crippen LogP contribution in [-0.4, -0.2) is 59.4 Å². The Morgan fingerprint density at radius 3 is 3.04 bits per heavy atom. The van der Waals surface area contributed by atoms with Gasteiger partial charge in [-0.05, 0) is 12.1 Å². The molecule has 1 aliphatic heterocycles. The molecule has 12 heteroatoms. The van der Waals surface area contributed by atoms with Crippen LogP contribution in [0.2, 0.25) is 0 Å². The topological polar surface area (TPSA) is 184 Å². The Morgan fingerprint density at radius 2 is 2.37 bits per heavy atom. The Labute approximate surface area is 151 Å². The molecule has 3 aromatic rings. The molecule has 4 heterocycles. The van der Waals surface area contributed by atoms with Crippen LogP contribution >= 0.6 is 0 Å². The average molecular weight is 375 g/mol. The first-order valence-corrected chi connectivity index (χ1v) is 8.09. The lowest BCUT2D eigenvalue weighted by Gasteiger charge is -2.31. The molecule has 0 aliphatic carbocycles. The van der Waals surface area contributed by atoms with Gasteiger partial charge in [-0.1, -0.05) is 0 Å². The number of amides is 1. The molecule has 0 aromatic carbocycles. The third-order valence-corrected chi connectivity index (χ3v) is 4.41. The predicted octanol–water partition coefficient (Wildman–Crippen LogP) is -1.79. The highest BCUT2D eigenvalue weighted by atomic mass is 16.6. The second-order valence-corrected chi connectivity index (χ2v) is 6.17. The first-order valence-electron chi connectivity index (χ1n) is 8.09. The van der Waals surface area contributed by atoms with Crippen LogP contribution in [0.1, 0.15) is 16.9 Å². The largest absolute Gasteiger partial charge is 0.394 e. The molecular formula is C15H17N7O5. The Morgan fingerprint density at radius 1 is 1.56 bits per heavy atom. The highest BCUT2D eigenvalue weighted by molar-refractivity contribution is 5.92. The summed E-state index contributed by atoms with van der Waals surface area (Å²) in [5.74, 6) is -2.29. The second kappa shape index (κ2) is 6.19. The normalized spacial score (nSPS) is 25.1. The van der Waals surface area contributed by atoms with Crippen LogP contribution in [-0.2, 0) is 10.6 Å². The number of aliphatic hydroxyl groups excluding tert-OH is 2. The van der Waals surface area contributed by atoms with Crippen molar-refractivity contribution in [3.05, 3.63) is 40.7 Å².